The van der Waals surface area contributed by atoms with Crippen LogP contribution in [0, 0.1) is 0 Å². The Morgan fingerprint density at radius 1 is 1.00 bits per heavy atom. The van der Waals surface area contributed by atoms with E-state index in [0.29, 0.717) is 23.6 Å². The van der Waals surface area contributed by atoms with Gasteiger partial charge in [0.1, 0.15) is 5.75 Å². The lowest BCUT2D eigenvalue weighted by molar-refractivity contribution is 0.0950. The van der Waals surface area contributed by atoms with Crippen LogP contribution in [-0.2, 0) is 26.1 Å². The molecule has 1 aliphatic rings. The molecule has 3 aromatic rings. The van der Waals surface area contributed by atoms with Crippen LogP contribution in [0.5, 0.6) is 17.2 Å². The first-order valence-electron chi connectivity index (χ1n) is 10.7. The molecule has 4 rings (SSSR count). The Morgan fingerprint density at radius 2 is 1.81 bits per heavy atom. The lowest BCUT2D eigenvalue weighted by atomic mass is 9.97. The fourth-order valence-corrected chi connectivity index (χ4v) is 4.10. The van der Waals surface area contributed by atoms with Gasteiger partial charge in [0.2, 0.25) is 0 Å². The van der Waals surface area contributed by atoms with Crippen LogP contribution >= 0.6 is 0 Å². The molecule has 166 valence electrons. The van der Waals surface area contributed by atoms with Gasteiger partial charge in [-0.2, -0.15) is 0 Å². The number of phenols is 1. The van der Waals surface area contributed by atoms with Gasteiger partial charge in [0.15, 0.2) is 11.5 Å². The lowest BCUT2D eigenvalue weighted by Gasteiger charge is -2.30. The van der Waals surface area contributed by atoms with Crippen molar-refractivity contribution in [2.75, 3.05) is 20.8 Å². The van der Waals surface area contributed by atoms with E-state index < -0.39 is 0 Å². The highest BCUT2D eigenvalue weighted by Gasteiger charge is 2.20. The molecule has 0 atom stereocenters. The van der Waals surface area contributed by atoms with E-state index in [-0.39, 0.29) is 11.7 Å². The summed E-state index contributed by atoms with van der Waals surface area (Å²) in [6.45, 7) is 2.91. The van der Waals surface area contributed by atoms with Crippen LogP contribution in [0.15, 0.2) is 60.7 Å². The Bertz CT molecular complexity index is 1110. The molecule has 0 saturated heterocycles. The maximum atomic E-state index is 12.6. The number of amides is 1. The van der Waals surface area contributed by atoms with Crippen LogP contribution in [0.25, 0.3) is 0 Å². The van der Waals surface area contributed by atoms with Crippen molar-refractivity contribution >= 4 is 5.91 Å². The monoisotopic (exact) mass is 432 g/mol. The summed E-state index contributed by atoms with van der Waals surface area (Å²) in [5.41, 5.74) is 5.18. The van der Waals surface area contributed by atoms with Gasteiger partial charge in [-0.1, -0.05) is 30.3 Å². The van der Waals surface area contributed by atoms with Crippen LogP contribution in [0.3, 0.4) is 0 Å². The van der Waals surface area contributed by atoms with Crippen LogP contribution < -0.4 is 14.8 Å². The Kier molecular flexibility index (Phi) is 6.61. The number of carbonyl (C=O) groups is 1. The zero-order valence-corrected chi connectivity index (χ0v) is 18.4. The zero-order valence-electron chi connectivity index (χ0n) is 18.4. The summed E-state index contributed by atoms with van der Waals surface area (Å²) in [7, 11) is 3.16. The molecule has 0 spiro atoms. The SMILES string of the molecule is COc1cccc(C(=O)NCc2ccccc2CN2CCc3cc(OC)c(O)cc3C2)c1. The molecule has 0 aliphatic carbocycles. The fraction of sp³-hybridized carbons (Fsp3) is 0.269. The van der Waals surface area contributed by atoms with Crippen molar-refractivity contribution in [2.24, 2.45) is 0 Å². The Balaban J connectivity index is 1.42. The number of benzene rings is 3. The van der Waals surface area contributed by atoms with E-state index in [2.05, 4.69) is 22.3 Å². The highest BCUT2D eigenvalue weighted by Crippen LogP contribution is 2.32. The number of phenolic OH excluding ortho intramolecular Hbond substituents is 1. The van der Waals surface area contributed by atoms with Gasteiger partial charge >= 0.3 is 0 Å². The molecule has 0 bridgehead atoms. The molecule has 0 saturated carbocycles. The quantitative estimate of drug-likeness (QED) is 0.593. The molecule has 1 heterocycles. The molecule has 0 fully saturated rings. The summed E-state index contributed by atoms with van der Waals surface area (Å²) in [6, 6.07) is 19.1. The standard InChI is InChI=1S/C26H28N2O4/c1-31-23-9-5-8-19(12-23)26(30)27-15-20-6-3-4-7-21(20)16-28-11-10-18-14-25(32-2)24(29)13-22(18)17-28/h3-9,12-14,29H,10-11,15-17H2,1-2H3,(H,27,30). The van der Waals surface area contributed by atoms with Crippen molar-refractivity contribution in [1.82, 2.24) is 10.2 Å². The number of methoxy groups -OCH3 is 2. The minimum atomic E-state index is -0.130. The number of hydrogen-bond acceptors (Lipinski definition) is 5. The summed E-state index contributed by atoms with van der Waals surface area (Å²) in [4.78, 5) is 15.0. The van der Waals surface area contributed by atoms with E-state index in [1.165, 1.54) is 11.1 Å². The summed E-state index contributed by atoms with van der Waals surface area (Å²) >= 11 is 0. The van der Waals surface area contributed by atoms with Crippen molar-refractivity contribution in [3.63, 3.8) is 0 Å². The van der Waals surface area contributed by atoms with Gasteiger partial charge in [0.25, 0.3) is 5.91 Å². The van der Waals surface area contributed by atoms with E-state index >= 15 is 0 Å². The van der Waals surface area contributed by atoms with Crippen LogP contribution in [0.1, 0.15) is 32.6 Å². The molecule has 0 unspecified atom stereocenters. The van der Waals surface area contributed by atoms with E-state index in [1.807, 2.05) is 30.3 Å². The van der Waals surface area contributed by atoms with E-state index in [9.17, 15) is 9.90 Å². The van der Waals surface area contributed by atoms with Gasteiger partial charge in [-0.05, 0) is 59.0 Å². The first-order chi connectivity index (χ1) is 15.6. The van der Waals surface area contributed by atoms with E-state index in [0.717, 1.165) is 37.2 Å². The van der Waals surface area contributed by atoms with Crippen molar-refractivity contribution < 1.29 is 19.4 Å². The molecular formula is C26H28N2O4. The smallest absolute Gasteiger partial charge is 0.251 e. The minimum absolute atomic E-state index is 0.130. The predicted molar refractivity (Wildman–Crippen MR) is 123 cm³/mol. The molecule has 1 aliphatic heterocycles. The molecule has 2 N–H and O–H groups in total. The average Bonchev–Trinajstić information content (AvgIpc) is 2.82. The minimum Gasteiger partial charge on any atom is -0.504 e. The van der Waals surface area contributed by atoms with Crippen molar-refractivity contribution in [2.45, 2.75) is 26.1 Å². The molecule has 0 radical (unpaired) electrons. The second kappa shape index (κ2) is 9.75. The van der Waals surface area contributed by atoms with Crippen LogP contribution in [0.2, 0.25) is 0 Å². The van der Waals surface area contributed by atoms with Crippen molar-refractivity contribution in [1.29, 1.82) is 0 Å². The van der Waals surface area contributed by atoms with Gasteiger partial charge in [0.05, 0.1) is 14.2 Å². The fourth-order valence-electron chi connectivity index (χ4n) is 4.10. The maximum absolute atomic E-state index is 12.6. The van der Waals surface area contributed by atoms with Gasteiger partial charge in [-0.25, -0.2) is 0 Å². The third kappa shape index (κ3) is 4.86. The lowest BCUT2D eigenvalue weighted by Crippen LogP contribution is -2.31. The summed E-state index contributed by atoms with van der Waals surface area (Å²) < 4.78 is 10.4. The summed E-state index contributed by atoms with van der Waals surface area (Å²) in [5.74, 6) is 1.23. The number of rotatable bonds is 7. The molecule has 6 heteroatoms. The number of hydrogen-bond donors (Lipinski definition) is 2. The molecule has 3 aromatic carbocycles. The molecule has 6 nitrogen and oxygen atoms in total. The third-order valence-electron chi connectivity index (χ3n) is 5.88. The van der Waals surface area contributed by atoms with E-state index in [4.69, 9.17) is 9.47 Å². The Morgan fingerprint density at radius 3 is 2.59 bits per heavy atom. The topological polar surface area (TPSA) is 71.0 Å². The summed E-state index contributed by atoms with van der Waals surface area (Å²) in [6.07, 6.45) is 0.903. The molecule has 0 aromatic heterocycles. The number of fused-ring (bicyclic) bond motifs is 1. The molecular weight excluding hydrogens is 404 g/mol. The number of aromatic hydroxyl groups is 1. The van der Waals surface area contributed by atoms with Crippen molar-refractivity contribution in [3.05, 3.63) is 88.5 Å². The highest BCUT2D eigenvalue weighted by molar-refractivity contribution is 5.94. The number of carbonyl (C=O) groups excluding carboxylic acids is 1. The first kappa shape index (κ1) is 21.7. The Labute approximate surface area is 188 Å². The number of nitrogens with zero attached hydrogens (tertiary/aromatic N) is 1. The van der Waals surface area contributed by atoms with Gasteiger partial charge in [-0.3, -0.25) is 9.69 Å². The Hall–Kier alpha value is -3.51. The maximum Gasteiger partial charge on any atom is 0.251 e. The van der Waals surface area contributed by atoms with Gasteiger partial charge < -0.3 is 19.9 Å². The normalized spacial score (nSPS) is 13.3. The van der Waals surface area contributed by atoms with Gasteiger partial charge in [0, 0.05) is 31.7 Å². The third-order valence-corrected chi connectivity index (χ3v) is 5.88. The first-order valence-corrected chi connectivity index (χ1v) is 10.7. The number of nitrogens with one attached hydrogen (secondary N) is 1. The average molecular weight is 433 g/mol. The zero-order chi connectivity index (χ0) is 22.5. The van der Waals surface area contributed by atoms with Crippen LogP contribution in [-0.4, -0.2) is 36.7 Å². The number of ether oxygens (including phenoxy) is 2. The highest BCUT2D eigenvalue weighted by atomic mass is 16.5. The van der Waals surface area contributed by atoms with Gasteiger partial charge in [-0.15, -0.1) is 0 Å². The van der Waals surface area contributed by atoms with E-state index in [1.54, 1.807) is 32.4 Å². The van der Waals surface area contributed by atoms with Crippen molar-refractivity contribution in [3.8, 4) is 17.2 Å². The largest absolute Gasteiger partial charge is 0.504 e. The molecule has 32 heavy (non-hydrogen) atoms. The second-order valence-corrected chi connectivity index (χ2v) is 7.94. The summed E-state index contributed by atoms with van der Waals surface area (Å²) in [5, 5.41) is 13.2. The second-order valence-electron chi connectivity index (χ2n) is 7.94. The van der Waals surface area contributed by atoms with Crippen LogP contribution in [0.4, 0.5) is 0 Å². The molecule has 1 amide bonds. The predicted octanol–water partition coefficient (Wildman–Crippen LogP) is 3.90.